The summed E-state index contributed by atoms with van der Waals surface area (Å²) in [5.41, 5.74) is 3.89. The molecule has 0 radical (unpaired) electrons. The van der Waals surface area contributed by atoms with Crippen LogP contribution in [0.4, 0.5) is 0 Å². The van der Waals surface area contributed by atoms with Crippen LogP contribution < -0.4 is 0 Å². The number of Topliss-reactive ketones (excluding diaryl/α,β-unsaturated/α-hetero) is 1. The van der Waals surface area contributed by atoms with Crippen molar-refractivity contribution >= 4 is 17.4 Å². The highest BCUT2D eigenvalue weighted by molar-refractivity contribution is 6.30. The normalized spacial score (nSPS) is 19.0. The number of hydrogen-bond acceptors (Lipinski definition) is 2. The second-order valence-electron chi connectivity index (χ2n) is 5.84. The van der Waals surface area contributed by atoms with Gasteiger partial charge in [0.2, 0.25) is 0 Å². The molecule has 1 fully saturated rings. The Morgan fingerprint density at radius 1 is 0.792 bits per heavy atom. The predicted octanol–water partition coefficient (Wildman–Crippen LogP) is 5.33. The van der Waals surface area contributed by atoms with E-state index in [4.69, 9.17) is 16.3 Å². The highest BCUT2D eigenvalue weighted by Gasteiger charge is 2.46. The molecule has 0 bridgehead atoms. The van der Waals surface area contributed by atoms with Crippen molar-refractivity contribution in [2.75, 3.05) is 0 Å². The molecular formula is C21H15ClO2. The van der Waals surface area contributed by atoms with E-state index in [0.717, 1.165) is 16.7 Å². The number of epoxide rings is 1. The van der Waals surface area contributed by atoms with Crippen LogP contribution in [0.3, 0.4) is 0 Å². The first-order valence-electron chi connectivity index (χ1n) is 7.83. The lowest BCUT2D eigenvalue weighted by molar-refractivity contribution is 0.0953. The molecule has 118 valence electrons. The van der Waals surface area contributed by atoms with Crippen LogP contribution in [0.5, 0.6) is 0 Å². The molecule has 0 aliphatic carbocycles. The first kappa shape index (κ1) is 15.1. The van der Waals surface area contributed by atoms with E-state index in [2.05, 4.69) is 12.1 Å². The van der Waals surface area contributed by atoms with Crippen molar-refractivity contribution in [1.82, 2.24) is 0 Å². The number of halogens is 1. The highest BCUT2D eigenvalue weighted by atomic mass is 35.5. The molecular weight excluding hydrogens is 320 g/mol. The predicted molar refractivity (Wildman–Crippen MR) is 95.3 cm³/mol. The van der Waals surface area contributed by atoms with Gasteiger partial charge in [0.1, 0.15) is 6.10 Å². The molecule has 0 amide bonds. The SMILES string of the molecule is O=C(c1ccc(-c2ccccc2)cc1)[C@H]1O[C@@H]1c1ccc(Cl)cc1. The minimum absolute atomic E-state index is 0.0227. The van der Waals surface area contributed by atoms with Gasteiger partial charge < -0.3 is 4.74 Å². The Balaban J connectivity index is 1.49. The maximum absolute atomic E-state index is 12.6. The summed E-state index contributed by atoms with van der Waals surface area (Å²) in [5, 5.41) is 0.679. The van der Waals surface area contributed by atoms with Crippen molar-refractivity contribution in [3.05, 3.63) is 95.0 Å². The summed E-state index contributed by atoms with van der Waals surface area (Å²) in [4.78, 5) is 12.6. The molecule has 1 saturated heterocycles. The van der Waals surface area contributed by atoms with Crippen LogP contribution in [0, 0.1) is 0 Å². The lowest BCUT2D eigenvalue weighted by atomic mass is 9.99. The van der Waals surface area contributed by atoms with Crippen molar-refractivity contribution < 1.29 is 9.53 Å². The smallest absolute Gasteiger partial charge is 0.194 e. The summed E-state index contributed by atoms with van der Waals surface area (Å²) in [6.45, 7) is 0. The molecule has 0 N–H and O–H groups in total. The zero-order valence-corrected chi connectivity index (χ0v) is 13.6. The average molecular weight is 335 g/mol. The first-order valence-corrected chi connectivity index (χ1v) is 8.21. The molecule has 0 aromatic heterocycles. The van der Waals surface area contributed by atoms with E-state index in [1.165, 1.54) is 0 Å². The minimum atomic E-state index is -0.395. The molecule has 1 aliphatic rings. The lowest BCUT2D eigenvalue weighted by Gasteiger charge is -2.03. The van der Waals surface area contributed by atoms with E-state index >= 15 is 0 Å². The molecule has 4 rings (SSSR count). The molecule has 0 unspecified atom stereocenters. The van der Waals surface area contributed by atoms with E-state index in [1.807, 2.05) is 66.7 Å². The molecule has 3 aromatic carbocycles. The summed E-state index contributed by atoms with van der Waals surface area (Å²) in [6.07, 6.45) is -0.558. The Hall–Kier alpha value is -2.42. The Morgan fingerprint density at radius 2 is 1.42 bits per heavy atom. The first-order chi connectivity index (χ1) is 11.7. The quantitative estimate of drug-likeness (QED) is 0.476. The van der Waals surface area contributed by atoms with Crippen LogP contribution in [0.1, 0.15) is 22.0 Å². The minimum Gasteiger partial charge on any atom is -0.356 e. The molecule has 1 aliphatic heterocycles. The van der Waals surface area contributed by atoms with Crippen LogP contribution in [-0.4, -0.2) is 11.9 Å². The van der Waals surface area contributed by atoms with Crippen molar-refractivity contribution in [3.8, 4) is 11.1 Å². The molecule has 2 nitrogen and oxygen atoms in total. The van der Waals surface area contributed by atoms with Gasteiger partial charge in [0.05, 0.1) is 0 Å². The number of hydrogen-bond donors (Lipinski definition) is 0. The van der Waals surface area contributed by atoms with E-state index < -0.39 is 6.10 Å². The fraction of sp³-hybridized carbons (Fsp3) is 0.0952. The van der Waals surface area contributed by atoms with Gasteiger partial charge in [-0.05, 0) is 28.8 Å². The van der Waals surface area contributed by atoms with Gasteiger partial charge in [-0.25, -0.2) is 0 Å². The lowest BCUT2D eigenvalue weighted by Crippen LogP contribution is -2.08. The number of ether oxygens (including phenoxy) is 1. The fourth-order valence-electron chi connectivity index (χ4n) is 2.84. The van der Waals surface area contributed by atoms with Crippen LogP contribution in [0.25, 0.3) is 11.1 Å². The van der Waals surface area contributed by atoms with Gasteiger partial charge in [0, 0.05) is 10.6 Å². The van der Waals surface area contributed by atoms with E-state index in [0.29, 0.717) is 10.6 Å². The standard InChI is InChI=1S/C21H15ClO2/c22-18-12-10-17(11-13-18)20-21(24-20)19(23)16-8-6-15(7-9-16)14-4-2-1-3-5-14/h1-13,20-21H/t20-,21-/m1/s1. The van der Waals surface area contributed by atoms with E-state index in [9.17, 15) is 4.79 Å². The Kier molecular flexibility index (Phi) is 3.93. The molecule has 3 aromatic rings. The molecule has 24 heavy (non-hydrogen) atoms. The Bertz CT molecular complexity index is 855. The molecule has 1 heterocycles. The summed E-state index contributed by atoms with van der Waals surface area (Å²) in [5.74, 6) is 0.0227. The maximum atomic E-state index is 12.6. The van der Waals surface area contributed by atoms with Gasteiger partial charge >= 0.3 is 0 Å². The Morgan fingerprint density at radius 3 is 2.08 bits per heavy atom. The van der Waals surface area contributed by atoms with Crippen molar-refractivity contribution in [3.63, 3.8) is 0 Å². The van der Waals surface area contributed by atoms with Crippen LogP contribution in [0.2, 0.25) is 5.02 Å². The zero-order valence-electron chi connectivity index (χ0n) is 12.9. The van der Waals surface area contributed by atoms with Gasteiger partial charge in [0.15, 0.2) is 11.9 Å². The van der Waals surface area contributed by atoms with Crippen molar-refractivity contribution in [2.24, 2.45) is 0 Å². The third-order valence-electron chi connectivity index (χ3n) is 4.23. The summed E-state index contributed by atoms with van der Waals surface area (Å²) >= 11 is 5.89. The second-order valence-corrected chi connectivity index (χ2v) is 6.27. The number of rotatable bonds is 4. The largest absolute Gasteiger partial charge is 0.356 e. The molecule has 2 atom stereocenters. The summed E-state index contributed by atoms with van der Waals surface area (Å²) in [6, 6.07) is 25.2. The summed E-state index contributed by atoms with van der Waals surface area (Å²) < 4.78 is 5.58. The third kappa shape index (κ3) is 2.99. The van der Waals surface area contributed by atoms with E-state index in [-0.39, 0.29) is 11.9 Å². The molecule has 0 saturated carbocycles. The van der Waals surface area contributed by atoms with Crippen molar-refractivity contribution in [2.45, 2.75) is 12.2 Å². The molecule has 0 spiro atoms. The fourth-order valence-corrected chi connectivity index (χ4v) is 2.97. The topological polar surface area (TPSA) is 29.6 Å². The van der Waals surface area contributed by atoms with Crippen LogP contribution in [0.15, 0.2) is 78.9 Å². The van der Waals surface area contributed by atoms with Crippen molar-refractivity contribution in [1.29, 1.82) is 0 Å². The summed E-state index contributed by atoms with van der Waals surface area (Å²) in [7, 11) is 0. The highest BCUT2D eigenvalue weighted by Crippen LogP contribution is 2.41. The maximum Gasteiger partial charge on any atom is 0.194 e. The van der Waals surface area contributed by atoms with Gasteiger partial charge in [0.25, 0.3) is 0 Å². The van der Waals surface area contributed by atoms with Crippen LogP contribution >= 0.6 is 11.6 Å². The average Bonchev–Trinajstić information content (AvgIpc) is 3.43. The van der Waals surface area contributed by atoms with Crippen LogP contribution in [-0.2, 0) is 4.74 Å². The Labute approximate surface area is 145 Å². The van der Waals surface area contributed by atoms with Gasteiger partial charge in [-0.2, -0.15) is 0 Å². The van der Waals surface area contributed by atoms with Gasteiger partial charge in [-0.1, -0.05) is 78.3 Å². The van der Waals surface area contributed by atoms with Gasteiger partial charge in [-0.3, -0.25) is 4.79 Å². The van der Waals surface area contributed by atoms with Gasteiger partial charge in [-0.15, -0.1) is 0 Å². The van der Waals surface area contributed by atoms with E-state index in [1.54, 1.807) is 0 Å². The number of carbonyl (C=O) groups is 1. The number of benzene rings is 3. The number of ketones is 1. The third-order valence-corrected chi connectivity index (χ3v) is 4.48. The number of carbonyl (C=O) groups excluding carboxylic acids is 1. The zero-order chi connectivity index (χ0) is 16.5. The second kappa shape index (κ2) is 6.23. The molecule has 3 heteroatoms. The monoisotopic (exact) mass is 334 g/mol.